The lowest BCUT2D eigenvalue weighted by molar-refractivity contribution is -0.0290. The van der Waals surface area contributed by atoms with E-state index in [0.29, 0.717) is 23.5 Å². The third-order valence-corrected chi connectivity index (χ3v) is 5.81. The zero-order chi connectivity index (χ0) is 17.3. The molecule has 24 heavy (non-hydrogen) atoms. The molecule has 5 unspecified atom stereocenters. The van der Waals surface area contributed by atoms with Crippen LogP contribution in [-0.2, 0) is 15.6 Å². The summed E-state index contributed by atoms with van der Waals surface area (Å²) in [6.45, 7) is 0.469. The molecule has 0 spiro atoms. The van der Waals surface area contributed by atoms with Gasteiger partial charge in [-0.15, -0.1) is 0 Å². The number of nitrogens with zero attached hydrogens (tertiary/aromatic N) is 4. The lowest BCUT2D eigenvalue weighted by atomic mass is 10.1. The van der Waals surface area contributed by atoms with E-state index >= 15 is 0 Å². The summed E-state index contributed by atoms with van der Waals surface area (Å²) >= 11 is 0. The van der Waals surface area contributed by atoms with Crippen molar-refractivity contribution < 1.29 is 20.2 Å². The first-order valence-corrected chi connectivity index (χ1v) is 9.40. The van der Waals surface area contributed by atoms with Gasteiger partial charge in [0.25, 0.3) is 0 Å². The average molecular weight is 357 g/mol. The third kappa shape index (κ3) is 3.18. The number of imidazole rings is 1. The summed E-state index contributed by atoms with van der Waals surface area (Å²) in [7, 11) is -0.0770. The Balaban J connectivity index is 1.78. The number of fused-ring (bicyclic) bond motifs is 1. The van der Waals surface area contributed by atoms with Gasteiger partial charge < -0.3 is 25.9 Å². The lowest BCUT2D eigenvalue weighted by Gasteiger charge is -2.16. The molecular formula is C13H21N6O4S+. The van der Waals surface area contributed by atoms with Gasteiger partial charge in [-0.3, -0.25) is 4.57 Å². The Kier molecular flexibility index (Phi) is 5.18. The fourth-order valence-electron chi connectivity index (χ4n) is 2.74. The highest BCUT2D eigenvalue weighted by Crippen LogP contribution is 2.32. The molecule has 2 aromatic rings. The molecule has 132 valence electrons. The standard InChI is InChI=1S/C13H21N6O4S/c1-24(3-2-18-22)4-7-9(20)10(21)13(23-7)19-6-17-8-11(14)15-5-16-12(8)19/h5-7,9-10,13,18,20-22H,2-4H2,1H3,(H2,14,15,16)/q+1. The number of ether oxygens (including phenoxy) is 1. The number of aliphatic hydroxyl groups excluding tert-OH is 2. The molecule has 11 heteroatoms. The van der Waals surface area contributed by atoms with Gasteiger partial charge in [-0.2, -0.15) is 0 Å². The van der Waals surface area contributed by atoms with E-state index in [1.165, 1.54) is 12.7 Å². The van der Waals surface area contributed by atoms with Gasteiger partial charge in [0.2, 0.25) is 0 Å². The van der Waals surface area contributed by atoms with E-state index in [2.05, 4.69) is 20.4 Å². The van der Waals surface area contributed by atoms with Crippen LogP contribution in [0.3, 0.4) is 0 Å². The molecule has 1 aliphatic rings. The molecule has 2 aromatic heterocycles. The molecule has 10 nitrogen and oxygen atoms in total. The highest BCUT2D eigenvalue weighted by Gasteiger charge is 2.46. The molecule has 0 amide bonds. The highest BCUT2D eigenvalue weighted by molar-refractivity contribution is 7.96. The second-order valence-corrected chi connectivity index (χ2v) is 7.99. The van der Waals surface area contributed by atoms with Crippen LogP contribution in [0.25, 0.3) is 11.2 Å². The molecule has 1 fully saturated rings. The summed E-state index contributed by atoms with van der Waals surface area (Å²) in [6, 6.07) is 0. The summed E-state index contributed by atoms with van der Waals surface area (Å²) in [5.41, 5.74) is 8.75. The maximum Gasteiger partial charge on any atom is 0.167 e. The first kappa shape index (κ1) is 17.3. The van der Waals surface area contributed by atoms with Crippen molar-refractivity contribution in [3.63, 3.8) is 0 Å². The Morgan fingerprint density at radius 2 is 2.12 bits per heavy atom. The molecule has 0 saturated carbocycles. The number of hydrogen-bond acceptors (Lipinski definition) is 9. The van der Waals surface area contributed by atoms with Crippen LogP contribution < -0.4 is 11.2 Å². The monoisotopic (exact) mass is 357 g/mol. The zero-order valence-electron chi connectivity index (χ0n) is 13.1. The van der Waals surface area contributed by atoms with Crippen LogP contribution in [0, 0.1) is 0 Å². The van der Waals surface area contributed by atoms with Crippen molar-refractivity contribution in [2.24, 2.45) is 0 Å². The average Bonchev–Trinajstić information content (AvgIpc) is 3.10. The van der Waals surface area contributed by atoms with Gasteiger partial charge in [-0.25, -0.2) is 20.4 Å². The minimum atomic E-state index is -1.10. The van der Waals surface area contributed by atoms with Gasteiger partial charge in [0, 0.05) is 0 Å². The highest BCUT2D eigenvalue weighted by atomic mass is 32.2. The molecule has 1 aliphatic heterocycles. The van der Waals surface area contributed by atoms with E-state index < -0.39 is 24.5 Å². The van der Waals surface area contributed by atoms with Gasteiger partial charge in [-0.1, -0.05) is 0 Å². The van der Waals surface area contributed by atoms with Gasteiger partial charge in [0.05, 0.1) is 19.1 Å². The minimum absolute atomic E-state index is 0.0770. The number of nitrogen functional groups attached to an aromatic ring is 1. The van der Waals surface area contributed by atoms with E-state index in [1.54, 1.807) is 4.57 Å². The smallest absolute Gasteiger partial charge is 0.167 e. The summed E-state index contributed by atoms with van der Waals surface area (Å²) < 4.78 is 7.43. The summed E-state index contributed by atoms with van der Waals surface area (Å²) in [5, 5.41) is 29.3. The maximum atomic E-state index is 10.4. The molecule has 0 aromatic carbocycles. The van der Waals surface area contributed by atoms with E-state index in [0.717, 1.165) is 5.75 Å². The molecule has 0 bridgehead atoms. The predicted octanol–water partition coefficient (Wildman–Crippen LogP) is -1.75. The van der Waals surface area contributed by atoms with Crippen LogP contribution >= 0.6 is 0 Å². The molecule has 6 N–H and O–H groups in total. The first-order chi connectivity index (χ1) is 11.5. The number of aromatic nitrogens is 4. The third-order valence-electron chi connectivity index (χ3n) is 4.01. The van der Waals surface area contributed by atoms with Crippen LogP contribution in [0.2, 0.25) is 0 Å². The summed E-state index contributed by atoms with van der Waals surface area (Å²) in [6.07, 6.45) is 1.40. The molecular weight excluding hydrogens is 336 g/mol. The molecule has 5 atom stereocenters. The maximum absolute atomic E-state index is 10.4. The normalized spacial score (nSPS) is 28.5. The number of aliphatic hydroxyl groups is 2. The molecule has 3 rings (SSSR count). The Bertz CT molecular complexity index is 700. The first-order valence-electron chi connectivity index (χ1n) is 7.43. The zero-order valence-corrected chi connectivity index (χ0v) is 13.9. The fraction of sp³-hybridized carbons (Fsp3) is 0.615. The number of anilines is 1. The second kappa shape index (κ2) is 7.17. The molecule has 0 aliphatic carbocycles. The number of nitrogens with two attached hydrogens (primary N) is 1. The van der Waals surface area contributed by atoms with Crippen molar-refractivity contribution in [1.29, 1.82) is 0 Å². The minimum Gasteiger partial charge on any atom is -0.387 e. The van der Waals surface area contributed by atoms with Crippen molar-refractivity contribution in [3.8, 4) is 0 Å². The van der Waals surface area contributed by atoms with Crippen LogP contribution in [0.1, 0.15) is 6.23 Å². The van der Waals surface area contributed by atoms with Gasteiger partial charge in [0.15, 0.2) is 17.7 Å². The van der Waals surface area contributed by atoms with Crippen molar-refractivity contribution in [1.82, 2.24) is 25.0 Å². The van der Waals surface area contributed by atoms with E-state index in [9.17, 15) is 10.2 Å². The Morgan fingerprint density at radius 3 is 2.88 bits per heavy atom. The van der Waals surface area contributed by atoms with Crippen molar-refractivity contribution in [2.75, 3.05) is 30.0 Å². The quantitative estimate of drug-likeness (QED) is 0.299. The largest absolute Gasteiger partial charge is 0.387 e. The van der Waals surface area contributed by atoms with Crippen LogP contribution in [-0.4, -0.2) is 77.6 Å². The van der Waals surface area contributed by atoms with Crippen LogP contribution in [0.15, 0.2) is 12.7 Å². The second-order valence-electron chi connectivity index (χ2n) is 5.69. The Morgan fingerprint density at radius 1 is 1.33 bits per heavy atom. The fourth-order valence-corrected chi connectivity index (χ4v) is 4.18. The van der Waals surface area contributed by atoms with E-state index in [-0.39, 0.29) is 16.7 Å². The van der Waals surface area contributed by atoms with Gasteiger partial charge in [0.1, 0.15) is 41.7 Å². The SMILES string of the molecule is C[S+](CCNO)CC1OC(n2cnc3c(N)ncnc32)C(O)C1O. The topological polar surface area (TPSA) is 152 Å². The number of rotatable bonds is 6. The number of hydrogen-bond donors (Lipinski definition) is 5. The van der Waals surface area contributed by atoms with E-state index in [4.69, 9.17) is 15.7 Å². The molecule has 1 saturated heterocycles. The Labute approximate surface area is 141 Å². The van der Waals surface area contributed by atoms with Crippen molar-refractivity contribution in [3.05, 3.63) is 12.7 Å². The number of nitrogens with one attached hydrogen (secondary N) is 1. The predicted molar refractivity (Wildman–Crippen MR) is 88.5 cm³/mol. The van der Waals surface area contributed by atoms with Crippen LogP contribution in [0.5, 0.6) is 0 Å². The van der Waals surface area contributed by atoms with Crippen molar-refractivity contribution in [2.45, 2.75) is 24.5 Å². The Hall–Kier alpha value is -1.50. The molecule has 3 heterocycles. The van der Waals surface area contributed by atoms with Crippen molar-refractivity contribution >= 4 is 27.9 Å². The van der Waals surface area contributed by atoms with Gasteiger partial charge >= 0.3 is 0 Å². The van der Waals surface area contributed by atoms with Gasteiger partial charge in [-0.05, 0) is 10.9 Å². The summed E-state index contributed by atoms with van der Waals surface area (Å²) in [4.78, 5) is 12.2. The number of hydroxylamine groups is 1. The molecule has 0 radical (unpaired) electrons. The summed E-state index contributed by atoms with van der Waals surface area (Å²) in [5.74, 6) is 1.58. The lowest BCUT2D eigenvalue weighted by Crippen LogP contribution is -2.36. The van der Waals surface area contributed by atoms with Crippen LogP contribution in [0.4, 0.5) is 5.82 Å². The van der Waals surface area contributed by atoms with E-state index in [1.807, 2.05) is 6.26 Å².